The van der Waals surface area contributed by atoms with Crippen LogP contribution in [0.2, 0.25) is 0 Å². The number of methoxy groups -OCH3 is 1. The highest BCUT2D eigenvalue weighted by atomic mass is 19.4. The standard InChI is InChI=1S/C19H29F3N2O4/c1-13(2)9-17(18(26)27)23(3)10-14(16(6-8-25)19(20,21)22)5-7-24-11-15(12-24)28-4/h6,8,10,13,15,17H,5,7,9,11-12H2,1-4H3,(H,26,27)/b14-10-,16-6+. The van der Waals surface area contributed by atoms with E-state index in [2.05, 4.69) is 0 Å². The summed E-state index contributed by atoms with van der Waals surface area (Å²) in [6, 6.07) is -0.956. The Kier molecular flexibility index (Phi) is 9.16. The Labute approximate surface area is 163 Å². The van der Waals surface area contributed by atoms with Gasteiger partial charge in [0.15, 0.2) is 0 Å². The minimum absolute atomic E-state index is 0.0357. The molecule has 1 rings (SSSR count). The van der Waals surface area contributed by atoms with E-state index in [1.54, 1.807) is 7.11 Å². The Hall–Kier alpha value is -1.87. The van der Waals surface area contributed by atoms with Crippen LogP contribution < -0.4 is 0 Å². The van der Waals surface area contributed by atoms with Gasteiger partial charge in [-0.1, -0.05) is 13.8 Å². The molecule has 0 radical (unpaired) electrons. The molecule has 9 heteroatoms. The molecular weight excluding hydrogens is 377 g/mol. The lowest BCUT2D eigenvalue weighted by Gasteiger charge is -2.38. The number of nitrogens with zero attached hydrogens (tertiary/aromatic N) is 2. The number of rotatable bonds is 11. The lowest BCUT2D eigenvalue weighted by Crippen LogP contribution is -2.51. The van der Waals surface area contributed by atoms with Gasteiger partial charge in [0.25, 0.3) is 0 Å². The summed E-state index contributed by atoms with van der Waals surface area (Å²) in [7, 11) is 3.03. The molecular formula is C19H29F3N2O4. The number of carboxylic acid groups (broad SMARTS) is 1. The van der Waals surface area contributed by atoms with Crippen LogP contribution in [0.1, 0.15) is 26.7 Å². The molecule has 1 unspecified atom stereocenters. The molecule has 28 heavy (non-hydrogen) atoms. The van der Waals surface area contributed by atoms with Gasteiger partial charge >= 0.3 is 12.1 Å². The average Bonchev–Trinajstić information content (AvgIpc) is 2.53. The zero-order valence-corrected chi connectivity index (χ0v) is 16.7. The second-order valence-electron chi connectivity index (χ2n) is 7.38. The van der Waals surface area contributed by atoms with Crippen molar-refractivity contribution in [1.29, 1.82) is 0 Å². The van der Waals surface area contributed by atoms with Gasteiger partial charge in [-0.2, -0.15) is 13.2 Å². The van der Waals surface area contributed by atoms with Gasteiger partial charge in [-0.05, 0) is 30.4 Å². The molecule has 0 aromatic carbocycles. The molecule has 1 N–H and O–H groups in total. The van der Waals surface area contributed by atoms with E-state index in [-0.39, 0.29) is 36.7 Å². The van der Waals surface area contributed by atoms with Crippen molar-refractivity contribution in [3.8, 4) is 0 Å². The Balaban J connectivity index is 3.09. The van der Waals surface area contributed by atoms with E-state index in [1.807, 2.05) is 18.7 Å². The third-order valence-corrected chi connectivity index (χ3v) is 4.67. The highest BCUT2D eigenvalue weighted by Gasteiger charge is 2.37. The third-order valence-electron chi connectivity index (χ3n) is 4.67. The van der Waals surface area contributed by atoms with Crippen molar-refractivity contribution in [1.82, 2.24) is 9.80 Å². The van der Waals surface area contributed by atoms with E-state index >= 15 is 0 Å². The van der Waals surface area contributed by atoms with Crippen LogP contribution in [0.25, 0.3) is 0 Å². The lowest BCUT2D eigenvalue weighted by atomic mass is 9.99. The smallest absolute Gasteiger partial charge is 0.416 e. The number of alkyl halides is 3. The molecule has 0 saturated carbocycles. The topological polar surface area (TPSA) is 70.1 Å². The lowest BCUT2D eigenvalue weighted by molar-refractivity contribution is -0.142. The second-order valence-corrected chi connectivity index (χ2v) is 7.38. The normalized spacial score (nSPS) is 18.1. The van der Waals surface area contributed by atoms with Gasteiger partial charge in [0.1, 0.15) is 12.3 Å². The van der Waals surface area contributed by atoms with Crippen molar-refractivity contribution in [2.45, 2.75) is 45.0 Å². The molecule has 0 bridgehead atoms. The number of likely N-dealkylation sites (N-methyl/N-ethyl adjacent to an activating group) is 1. The number of hydrogen-bond donors (Lipinski definition) is 1. The largest absolute Gasteiger partial charge is 0.480 e. The van der Waals surface area contributed by atoms with Crippen molar-refractivity contribution in [2.75, 3.05) is 33.8 Å². The maximum atomic E-state index is 13.5. The molecule has 1 heterocycles. The highest BCUT2D eigenvalue weighted by Crippen LogP contribution is 2.33. The van der Waals surface area contributed by atoms with Crippen LogP contribution >= 0.6 is 0 Å². The second kappa shape index (κ2) is 10.6. The van der Waals surface area contributed by atoms with Crippen LogP contribution in [-0.2, 0) is 14.3 Å². The molecule has 0 spiro atoms. The molecule has 6 nitrogen and oxygen atoms in total. The van der Waals surface area contributed by atoms with E-state index in [4.69, 9.17) is 4.74 Å². The summed E-state index contributed by atoms with van der Waals surface area (Å²) < 4.78 is 45.6. The van der Waals surface area contributed by atoms with Gasteiger partial charge in [-0.15, -0.1) is 0 Å². The first-order chi connectivity index (χ1) is 13.0. The summed E-state index contributed by atoms with van der Waals surface area (Å²) in [4.78, 5) is 25.6. The first-order valence-electron chi connectivity index (χ1n) is 9.13. The monoisotopic (exact) mass is 406 g/mol. The average molecular weight is 406 g/mol. The van der Waals surface area contributed by atoms with E-state index < -0.39 is 23.8 Å². The first-order valence-corrected chi connectivity index (χ1v) is 9.13. The van der Waals surface area contributed by atoms with E-state index in [9.17, 15) is 27.9 Å². The summed E-state index contributed by atoms with van der Waals surface area (Å²) >= 11 is 0. The summed E-state index contributed by atoms with van der Waals surface area (Å²) in [6.45, 7) is 5.30. The number of carboxylic acids is 1. The Morgan fingerprint density at radius 3 is 2.39 bits per heavy atom. The van der Waals surface area contributed by atoms with Crippen molar-refractivity contribution in [2.24, 2.45) is 5.92 Å². The molecule has 1 atom stereocenters. The number of halogens is 3. The van der Waals surface area contributed by atoms with Crippen molar-refractivity contribution in [3.05, 3.63) is 23.4 Å². The van der Waals surface area contributed by atoms with Gasteiger partial charge in [0, 0.05) is 40.0 Å². The maximum absolute atomic E-state index is 13.5. The minimum atomic E-state index is -4.71. The Bertz CT molecular complexity index is 596. The predicted octanol–water partition coefficient (Wildman–Crippen LogP) is 2.71. The zero-order chi connectivity index (χ0) is 21.5. The van der Waals surface area contributed by atoms with Crippen molar-refractivity contribution >= 4 is 12.3 Å². The molecule has 0 aromatic heterocycles. The third kappa shape index (κ3) is 7.27. The first kappa shape index (κ1) is 24.2. The Morgan fingerprint density at radius 2 is 1.96 bits per heavy atom. The van der Waals surface area contributed by atoms with Gasteiger partial charge in [0.05, 0.1) is 11.7 Å². The van der Waals surface area contributed by atoms with Gasteiger partial charge < -0.3 is 14.7 Å². The number of hydrogen-bond acceptors (Lipinski definition) is 5. The van der Waals surface area contributed by atoms with Crippen LogP contribution in [0, 0.1) is 5.92 Å². The fraction of sp³-hybridized carbons (Fsp3) is 0.684. The quantitative estimate of drug-likeness (QED) is 0.323. The zero-order valence-electron chi connectivity index (χ0n) is 16.7. The molecule has 1 aliphatic rings. The van der Waals surface area contributed by atoms with E-state index in [1.165, 1.54) is 18.1 Å². The van der Waals surface area contributed by atoms with Crippen LogP contribution in [0.3, 0.4) is 0 Å². The molecule has 0 aliphatic carbocycles. The predicted molar refractivity (Wildman–Crippen MR) is 98.8 cm³/mol. The van der Waals surface area contributed by atoms with Crippen molar-refractivity contribution in [3.63, 3.8) is 0 Å². The number of carbonyl (C=O) groups excluding carboxylic acids is 1. The molecule has 1 fully saturated rings. The van der Waals surface area contributed by atoms with Crippen molar-refractivity contribution < 1.29 is 32.6 Å². The molecule has 1 saturated heterocycles. The maximum Gasteiger partial charge on any atom is 0.416 e. The van der Waals surface area contributed by atoms with Crippen LogP contribution in [-0.4, -0.2) is 79.3 Å². The fourth-order valence-corrected chi connectivity index (χ4v) is 3.08. The summed E-state index contributed by atoms with van der Waals surface area (Å²) in [6.07, 6.45) is -2.52. The fourth-order valence-electron chi connectivity index (χ4n) is 3.08. The Morgan fingerprint density at radius 1 is 1.36 bits per heavy atom. The molecule has 1 aliphatic heterocycles. The highest BCUT2D eigenvalue weighted by molar-refractivity contribution is 5.73. The van der Waals surface area contributed by atoms with E-state index in [0.29, 0.717) is 25.7 Å². The number of carbonyl (C=O) groups is 2. The summed E-state index contributed by atoms with van der Waals surface area (Å²) in [5.41, 5.74) is -1.16. The molecule has 0 amide bonds. The van der Waals surface area contributed by atoms with Gasteiger partial charge in [-0.3, -0.25) is 9.69 Å². The summed E-state index contributed by atoms with van der Waals surface area (Å²) in [5, 5.41) is 9.44. The minimum Gasteiger partial charge on any atom is -0.480 e. The number of ether oxygens (including phenoxy) is 1. The van der Waals surface area contributed by atoms with Gasteiger partial charge in [-0.25, -0.2) is 4.79 Å². The molecule has 160 valence electrons. The number of aliphatic carboxylic acids is 1. The van der Waals surface area contributed by atoms with Gasteiger partial charge in [0.2, 0.25) is 0 Å². The number of likely N-dealkylation sites (tertiary alicyclic amines) is 1. The van der Waals surface area contributed by atoms with Crippen LogP contribution in [0.4, 0.5) is 13.2 Å². The number of allylic oxidation sites excluding steroid dienone is 2. The summed E-state index contributed by atoms with van der Waals surface area (Å²) in [5.74, 6) is -1.05. The van der Waals surface area contributed by atoms with Crippen LogP contribution in [0.5, 0.6) is 0 Å². The SMILES string of the molecule is COC1CN(CCC(=C/N(C)C(CC(C)C)C(=O)O)/C(=C\C=O)C(F)(F)F)C1. The number of aldehydes is 1. The van der Waals surface area contributed by atoms with Crippen LogP contribution in [0.15, 0.2) is 23.4 Å². The van der Waals surface area contributed by atoms with E-state index in [0.717, 1.165) is 0 Å². The molecule has 0 aromatic rings.